The number of quaternary nitrogens is 1. The zero-order chi connectivity index (χ0) is 10.2. The number of hydrogen-bond donors (Lipinski definition) is 1. The molecule has 0 unspecified atom stereocenters. The van der Waals surface area contributed by atoms with Crippen LogP contribution in [0, 0.1) is 0 Å². The Balaban J connectivity index is 2.16. The molecule has 1 aliphatic carbocycles. The summed E-state index contributed by atoms with van der Waals surface area (Å²) in [4.78, 5) is 11.4. The highest BCUT2D eigenvalue weighted by atomic mass is 16.5. The highest BCUT2D eigenvalue weighted by Crippen LogP contribution is 2.48. The molecule has 0 aliphatic heterocycles. The smallest absolute Gasteiger partial charge is 0.368 e. The Hall–Kier alpha value is -1.35. The summed E-state index contributed by atoms with van der Waals surface area (Å²) in [7, 11) is 1.41. The van der Waals surface area contributed by atoms with Crippen LogP contribution in [-0.4, -0.2) is 18.6 Å². The van der Waals surface area contributed by atoms with Gasteiger partial charge in [-0.25, -0.2) is 4.79 Å². The van der Waals surface area contributed by atoms with Gasteiger partial charge in [0, 0.05) is 6.42 Å². The molecule has 3 N–H and O–H groups in total. The second-order valence-electron chi connectivity index (χ2n) is 3.82. The molecule has 1 aromatic carbocycles. The van der Waals surface area contributed by atoms with E-state index in [0.29, 0.717) is 0 Å². The number of ether oxygens (including phenoxy) is 1. The zero-order valence-corrected chi connectivity index (χ0v) is 8.19. The Bertz CT molecular complexity index is 350. The van der Waals surface area contributed by atoms with Crippen molar-refractivity contribution in [3.8, 4) is 0 Å². The number of carbonyl (C=O) groups is 1. The molecule has 1 aliphatic rings. The van der Waals surface area contributed by atoms with E-state index in [-0.39, 0.29) is 11.9 Å². The minimum atomic E-state index is -0.532. The monoisotopic (exact) mass is 192 g/mol. The van der Waals surface area contributed by atoms with E-state index in [1.165, 1.54) is 12.7 Å². The SMILES string of the molecule is COC(=O)[C@]1([NH3+])C[C@H]1c1ccccc1. The van der Waals surface area contributed by atoms with E-state index in [0.717, 1.165) is 6.42 Å². The quantitative estimate of drug-likeness (QED) is 0.686. The summed E-state index contributed by atoms with van der Waals surface area (Å²) in [6.07, 6.45) is 0.795. The van der Waals surface area contributed by atoms with Crippen molar-refractivity contribution in [1.82, 2.24) is 0 Å². The maximum absolute atomic E-state index is 11.4. The molecule has 0 aromatic heterocycles. The van der Waals surface area contributed by atoms with Crippen LogP contribution in [0.4, 0.5) is 0 Å². The molecule has 0 saturated heterocycles. The molecule has 0 amide bonds. The van der Waals surface area contributed by atoms with Gasteiger partial charge in [0.25, 0.3) is 0 Å². The fourth-order valence-corrected chi connectivity index (χ4v) is 1.86. The number of hydrogen-bond acceptors (Lipinski definition) is 2. The summed E-state index contributed by atoms with van der Waals surface area (Å²) >= 11 is 0. The Morgan fingerprint density at radius 3 is 2.71 bits per heavy atom. The number of methoxy groups -OCH3 is 1. The van der Waals surface area contributed by atoms with Gasteiger partial charge >= 0.3 is 5.97 Å². The molecule has 3 heteroatoms. The van der Waals surface area contributed by atoms with Gasteiger partial charge in [-0.2, -0.15) is 0 Å². The molecule has 3 nitrogen and oxygen atoms in total. The highest BCUT2D eigenvalue weighted by Gasteiger charge is 2.63. The van der Waals surface area contributed by atoms with Crippen molar-refractivity contribution in [1.29, 1.82) is 0 Å². The minimum absolute atomic E-state index is 0.202. The summed E-state index contributed by atoms with van der Waals surface area (Å²) in [5.41, 5.74) is 4.58. The van der Waals surface area contributed by atoms with Crippen LogP contribution in [-0.2, 0) is 9.53 Å². The van der Waals surface area contributed by atoms with E-state index in [9.17, 15) is 4.79 Å². The van der Waals surface area contributed by atoms with E-state index >= 15 is 0 Å². The number of esters is 1. The average molecular weight is 192 g/mol. The lowest BCUT2D eigenvalue weighted by Gasteiger charge is -2.05. The van der Waals surface area contributed by atoms with Gasteiger partial charge in [-0.05, 0) is 5.56 Å². The number of benzene rings is 1. The Morgan fingerprint density at radius 1 is 1.50 bits per heavy atom. The van der Waals surface area contributed by atoms with Crippen molar-refractivity contribution in [2.24, 2.45) is 0 Å². The second kappa shape index (κ2) is 3.10. The lowest BCUT2D eigenvalue weighted by molar-refractivity contribution is -0.427. The standard InChI is InChI=1S/C11H13NO2/c1-14-10(13)11(12)7-9(11)8-5-3-2-4-6-8/h2-6,9H,7,12H2,1H3/p+1/t9-,11-/m0/s1. The molecule has 0 radical (unpaired) electrons. The second-order valence-corrected chi connectivity index (χ2v) is 3.82. The summed E-state index contributed by atoms with van der Waals surface area (Å²) < 4.78 is 4.73. The first-order valence-electron chi connectivity index (χ1n) is 4.67. The van der Waals surface area contributed by atoms with Gasteiger partial charge < -0.3 is 10.5 Å². The normalized spacial score (nSPS) is 29.7. The molecule has 0 bridgehead atoms. The van der Waals surface area contributed by atoms with E-state index < -0.39 is 5.54 Å². The van der Waals surface area contributed by atoms with E-state index in [1.807, 2.05) is 30.3 Å². The summed E-state index contributed by atoms with van der Waals surface area (Å²) in [5.74, 6) is 0.0301. The van der Waals surface area contributed by atoms with Crippen LogP contribution in [0.1, 0.15) is 17.9 Å². The first-order chi connectivity index (χ1) is 6.68. The topological polar surface area (TPSA) is 53.9 Å². The molecule has 2 atom stereocenters. The maximum Gasteiger partial charge on any atom is 0.368 e. The summed E-state index contributed by atoms with van der Waals surface area (Å²) in [5, 5.41) is 0. The van der Waals surface area contributed by atoms with Crippen molar-refractivity contribution < 1.29 is 15.3 Å². The van der Waals surface area contributed by atoms with E-state index in [1.54, 1.807) is 0 Å². The van der Waals surface area contributed by atoms with Gasteiger partial charge in [0.15, 0.2) is 0 Å². The van der Waals surface area contributed by atoms with Gasteiger partial charge in [0.1, 0.15) is 0 Å². The molecule has 1 fully saturated rings. The van der Waals surface area contributed by atoms with Crippen molar-refractivity contribution >= 4 is 5.97 Å². The van der Waals surface area contributed by atoms with Crippen LogP contribution >= 0.6 is 0 Å². The molecule has 14 heavy (non-hydrogen) atoms. The summed E-state index contributed by atoms with van der Waals surface area (Å²) in [6.45, 7) is 0. The molecule has 0 spiro atoms. The van der Waals surface area contributed by atoms with Crippen LogP contribution in [0.2, 0.25) is 0 Å². The van der Waals surface area contributed by atoms with Gasteiger partial charge in [0.2, 0.25) is 5.54 Å². The van der Waals surface area contributed by atoms with Gasteiger partial charge in [-0.1, -0.05) is 30.3 Å². The van der Waals surface area contributed by atoms with Crippen molar-refractivity contribution in [3.63, 3.8) is 0 Å². The van der Waals surface area contributed by atoms with Gasteiger partial charge in [-0.3, -0.25) is 0 Å². The van der Waals surface area contributed by atoms with Crippen LogP contribution in [0.3, 0.4) is 0 Å². The average Bonchev–Trinajstić information content (AvgIpc) is 2.92. The minimum Gasteiger partial charge on any atom is -0.464 e. The van der Waals surface area contributed by atoms with Crippen LogP contribution in [0.15, 0.2) is 30.3 Å². The fourth-order valence-electron chi connectivity index (χ4n) is 1.86. The molecule has 1 saturated carbocycles. The predicted molar refractivity (Wildman–Crippen MR) is 51.4 cm³/mol. The Kier molecular flexibility index (Phi) is 2.04. The lowest BCUT2D eigenvalue weighted by Crippen LogP contribution is -2.69. The van der Waals surface area contributed by atoms with Crippen LogP contribution < -0.4 is 5.73 Å². The first-order valence-corrected chi connectivity index (χ1v) is 4.67. The van der Waals surface area contributed by atoms with Crippen molar-refractivity contribution in [3.05, 3.63) is 35.9 Å². The highest BCUT2D eigenvalue weighted by molar-refractivity contribution is 5.84. The molecule has 2 rings (SSSR count). The van der Waals surface area contributed by atoms with Crippen molar-refractivity contribution in [2.45, 2.75) is 17.9 Å². The van der Waals surface area contributed by atoms with Crippen LogP contribution in [0.5, 0.6) is 0 Å². The maximum atomic E-state index is 11.4. The molecular weight excluding hydrogens is 178 g/mol. The molecular formula is C11H14NO2+. The largest absolute Gasteiger partial charge is 0.464 e. The first kappa shape index (κ1) is 9.21. The van der Waals surface area contributed by atoms with E-state index in [2.05, 4.69) is 5.73 Å². The predicted octanol–water partition coefficient (Wildman–Crippen LogP) is 0.328. The van der Waals surface area contributed by atoms with Gasteiger partial charge in [0.05, 0.1) is 13.0 Å². The Labute approximate surface area is 82.9 Å². The Morgan fingerprint density at radius 2 is 2.14 bits per heavy atom. The van der Waals surface area contributed by atoms with Gasteiger partial charge in [-0.15, -0.1) is 0 Å². The zero-order valence-electron chi connectivity index (χ0n) is 8.19. The summed E-state index contributed by atoms with van der Waals surface area (Å²) in [6, 6.07) is 9.98. The van der Waals surface area contributed by atoms with Crippen molar-refractivity contribution in [2.75, 3.05) is 7.11 Å². The third kappa shape index (κ3) is 1.30. The van der Waals surface area contributed by atoms with E-state index in [4.69, 9.17) is 4.74 Å². The lowest BCUT2D eigenvalue weighted by atomic mass is 10.1. The third-order valence-corrected chi connectivity index (χ3v) is 2.87. The fraction of sp³-hybridized carbons (Fsp3) is 0.364. The number of rotatable bonds is 2. The molecule has 74 valence electrons. The number of carbonyl (C=O) groups excluding carboxylic acids is 1. The third-order valence-electron chi connectivity index (χ3n) is 2.87. The van der Waals surface area contributed by atoms with Crippen LogP contribution in [0.25, 0.3) is 0 Å². The molecule has 0 heterocycles. The molecule has 1 aromatic rings.